The summed E-state index contributed by atoms with van der Waals surface area (Å²) < 4.78 is 0. The number of Topliss-reactive ketones (excluding diaryl/α,β-unsaturated/α-hetero) is 1. The highest BCUT2D eigenvalue weighted by Gasteiger charge is 2.09. The van der Waals surface area contributed by atoms with E-state index in [-0.39, 0.29) is 11.5 Å². The molecule has 0 amide bonds. The number of hydrogen-bond acceptors (Lipinski definition) is 3. The lowest BCUT2D eigenvalue weighted by Crippen LogP contribution is -1.99. The number of hydrogen-bond donors (Lipinski definition) is 1. The first-order valence-electron chi connectivity index (χ1n) is 7.00. The molecule has 19 heavy (non-hydrogen) atoms. The molecule has 0 heterocycles. The number of rotatable bonds is 10. The van der Waals surface area contributed by atoms with E-state index in [2.05, 4.69) is 0 Å². The lowest BCUT2D eigenvalue weighted by atomic mass is 10.0. The Morgan fingerprint density at radius 1 is 1.00 bits per heavy atom. The number of carbonyl (C=O) groups excluding carboxylic acids is 2. The number of ketones is 1. The van der Waals surface area contributed by atoms with Crippen molar-refractivity contribution in [1.29, 1.82) is 0 Å². The van der Waals surface area contributed by atoms with E-state index in [1.54, 1.807) is 24.3 Å². The van der Waals surface area contributed by atoms with E-state index in [9.17, 15) is 14.7 Å². The van der Waals surface area contributed by atoms with E-state index in [0.29, 0.717) is 18.4 Å². The van der Waals surface area contributed by atoms with E-state index in [1.807, 2.05) is 0 Å². The van der Waals surface area contributed by atoms with Crippen LogP contribution in [0.3, 0.4) is 0 Å². The molecule has 1 aromatic rings. The Morgan fingerprint density at radius 2 is 1.63 bits per heavy atom. The van der Waals surface area contributed by atoms with Gasteiger partial charge in [0.25, 0.3) is 0 Å². The maximum absolute atomic E-state index is 11.8. The second-order valence-corrected chi connectivity index (χ2v) is 4.77. The smallest absolute Gasteiger partial charge is 0.166 e. The molecule has 1 rings (SSSR count). The molecule has 0 saturated heterocycles. The van der Waals surface area contributed by atoms with Gasteiger partial charge in [-0.3, -0.25) is 4.79 Å². The van der Waals surface area contributed by atoms with Crippen molar-refractivity contribution < 1.29 is 14.7 Å². The van der Waals surface area contributed by atoms with Crippen LogP contribution in [0, 0.1) is 0 Å². The fourth-order valence-corrected chi connectivity index (χ4v) is 2.06. The fraction of sp³-hybridized carbons (Fsp3) is 0.500. The van der Waals surface area contributed by atoms with Crippen molar-refractivity contribution in [3.63, 3.8) is 0 Å². The van der Waals surface area contributed by atoms with E-state index in [0.717, 1.165) is 44.8 Å². The standard InChI is InChI=1S/C16H22O3/c17-13-9-5-3-1-2-4-6-11-15(18)14-10-7-8-12-16(14)19/h7-8,10,12-13,19H,1-6,9,11H2. The third kappa shape index (κ3) is 6.18. The number of benzene rings is 1. The van der Waals surface area contributed by atoms with Gasteiger partial charge in [0.2, 0.25) is 0 Å². The molecule has 0 aliphatic heterocycles. The molecule has 0 saturated carbocycles. The van der Waals surface area contributed by atoms with E-state index in [4.69, 9.17) is 0 Å². The molecule has 1 N–H and O–H groups in total. The molecule has 3 heteroatoms. The van der Waals surface area contributed by atoms with Crippen LogP contribution in [0.5, 0.6) is 5.75 Å². The Bertz CT molecular complexity index is 399. The quantitative estimate of drug-likeness (QED) is 0.395. The average Bonchev–Trinajstić information content (AvgIpc) is 2.42. The molecule has 0 aromatic heterocycles. The van der Waals surface area contributed by atoms with Gasteiger partial charge in [-0.25, -0.2) is 0 Å². The van der Waals surface area contributed by atoms with E-state index >= 15 is 0 Å². The monoisotopic (exact) mass is 262 g/mol. The van der Waals surface area contributed by atoms with Crippen molar-refractivity contribution in [3.8, 4) is 5.75 Å². The van der Waals surface area contributed by atoms with Crippen LogP contribution in [0.15, 0.2) is 24.3 Å². The van der Waals surface area contributed by atoms with E-state index < -0.39 is 0 Å². The normalized spacial score (nSPS) is 10.3. The second-order valence-electron chi connectivity index (χ2n) is 4.77. The highest BCUT2D eigenvalue weighted by atomic mass is 16.3. The molecular weight excluding hydrogens is 240 g/mol. The summed E-state index contributed by atoms with van der Waals surface area (Å²) in [6.07, 6.45) is 8.29. The van der Waals surface area contributed by atoms with Gasteiger partial charge in [-0.15, -0.1) is 0 Å². The molecule has 0 radical (unpaired) electrons. The summed E-state index contributed by atoms with van der Waals surface area (Å²) in [6.45, 7) is 0. The van der Waals surface area contributed by atoms with Crippen LogP contribution in [-0.2, 0) is 4.79 Å². The zero-order chi connectivity index (χ0) is 13.9. The summed E-state index contributed by atoms with van der Waals surface area (Å²) in [6, 6.07) is 6.68. The van der Waals surface area contributed by atoms with Crippen LogP contribution in [-0.4, -0.2) is 17.2 Å². The maximum atomic E-state index is 11.8. The van der Waals surface area contributed by atoms with Crippen LogP contribution in [0.4, 0.5) is 0 Å². The first-order chi connectivity index (χ1) is 9.25. The first kappa shape index (κ1) is 15.4. The van der Waals surface area contributed by atoms with Gasteiger partial charge >= 0.3 is 0 Å². The number of unbranched alkanes of at least 4 members (excludes halogenated alkanes) is 6. The van der Waals surface area contributed by atoms with Crippen LogP contribution >= 0.6 is 0 Å². The Kier molecular flexibility index (Phi) is 7.56. The lowest BCUT2D eigenvalue weighted by molar-refractivity contribution is -0.107. The fourth-order valence-electron chi connectivity index (χ4n) is 2.06. The van der Waals surface area contributed by atoms with Crippen molar-refractivity contribution in [2.24, 2.45) is 0 Å². The van der Waals surface area contributed by atoms with Crippen LogP contribution < -0.4 is 0 Å². The van der Waals surface area contributed by atoms with Crippen molar-refractivity contribution in [1.82, 2.24) is 0 Å². The van der Waals surface area contributed by atoms with Crippen LogP contribution in [0.1, 0.15) is 61.7 Å². The molecule has 1 aromatic carbocycles. The molecule has 0 bridgehead atoms. The summed E-state index contributed by atoms with van der Waals surface area (Å²) in [4.78, 5) is 22.0. The summed E-state index contributed by atoms with van der Waals surface area (Å²) in [5.41, 5.74) is 0.425. The first-order valence-corrected chi connectivity index (χ1v) is 7.00. The predicted octanol–water partition coefficient (Wildman–Crippen LogP) is 3.89. The lowest BCUT2D eigenvalue weighted by Gasteiger charge is -2.03. The van der Waals surface area contributed by atoms with E-state index in [1.165, 1.54) is 0 Å². The highest BCUT2D eigenvalue weighted by Crippen LogP contribution is 2.19. The minimum absolute atomic E-state index is 0.0130. The highest BCUT2D eigenvalue weighted by molar-refractivity contribution is 5.98. The predicted molar refractivity (Wildman–Crippen MR) is 75.4 cm³/mol. The minimum atomic E-state index is 0.0130. The van der Waals surface area contributed by atoms with Gasteiger partial charge in [-0.2, -0.15) is 0 Å². The molecule has 0 aliphatic carbocycles. The van der Waals surface area contributed by atoms with Crippen molar-refractivity contribution in [3.05, 3.63) is 29.8 Å². The molecule has 0 spiro atoms. The van der Waals surface area contributed by atoms with Gasteiger partial charge in [-0.1, -0.05) is 37.8 Å². The Morgan fingerprint density at radius 3 is 2.32 bits per heavy atom. The number of phenols is 1. The number of carbonyl (C=O) groups is 2. The number of para-hydroxylation sites is 1. The summed E-state index contributed by atoms with van der Waals surface area (Å²) in [5, 5.41) is 9.55. The molecule has 0 atom stereocenters. The summed E-state index contributed by atoms with van der Waals surface area (Å²) in [5.74, 6) is 0.0837. The molecular formula is C16H22O3. The van der Waals surface area contributed by atoms with Crippen LogP contribution in [0.2, 0.25) is 0 Å². The SMILES string of the molecule is O=CCCCCCCCCC(=O)c1ccccc1O. The minimum Gasteiger partial charge on any atom is -0.507 e. The van der Waals surface area contributed by atoms with Crippen molar-refractivity contribution in [2.75, 3.05) is 0 Å². The number of aldehydes is 1. The molecule has 0 aliphatic rings. The average molecular weight is 262 g/mol. The molecule has 3 nitrogen and oxygen atoms in total. The molecule has 0 fully saturated rings. The molecule has 104 valence electrons. The van der Waals surface area contributed by atoms with Crippen molar-refractivity contribution >= 4 is 12.1 Å². The third-order valence-corrected chi connectivity index (χ3v) is 3.18. The van der Waals surface area contributed by atoms with Crippen molar-refractivity contribution in [2.45, 2.75) is 51.4 Å². The zero-order valence-electron chi connectivity index (χ0n) is 11.3. The maximum Gasteiger partial charge on any atom is 0.166 e. The number of phenolic OH excluding ortho intramolecular Hbond substituents is 1. The number of aromatic hydroxyl groups is 1. The van der Waals surface area contributed by atoms with Gasteiger partial charge in [0, 0.05) is 12.8 Å². The largest absolute Gasteiger partial charge is 0.507 e. The van der Waals surface area contributed by atoms with Gasteiger partial charge < -0.3 is 9.90 Å². The van der Waals surface area contributed by atoms with Gasteiger partial charge in [0.05, 0.1) is 5.56 Å². The second kappa shape index (κ2) is 9.31. The Labute approximate surface area is 114 Å². The summed E-state index contributed by atoms with van der Waals surface area (Å²) in [7, 11) is 0. The molecule has 0 unspecified atom stereocenters. The van der Waals surface area contributed by atoms with Gasteiger partial charge in [0.15, 0.2) is 5.78 Å². The van der Waals surface area contributed by atoms with Gasteiger partial charge in [-0.05, 0) is 25.0 Å². The zero-order valence-corrected chi connectivity index (χ0v) is 11.3. The topological polar surface area (TPSA) is 54.4 Å². The van der Waals surface area contributed by atoms with Gasteiger partial charge in [0.1, 0.15) is 12.0 Å². The summed E-state index contributed by atoms with van der Waals surface area (Å²) >= 11 is 0. The Balaban J connectivity index is 2.11. The van der Waals surface area contributed by atoms with Crippen LogP contribution in [0.25, 0.3) is 0 Å². The Hall–Kier alpha value is -1.64. The third-order valence-electron chi connectivity index (χ3n) is 3.18.